The standard InChI is InChI=1S/C16H19N3O4S/c1-2-23-15(22)11-10-13(20)17-16(24)19-18-14(21)9-8-12-6-4-3-5-7-12/h3-7,10-11H,2,8-9H2,1H3,(H,18,21)(H2,17,19,20,24). The van der Waals surface area contributed by atoms with Crippen molar-refractivity contribution in [3.63, 3.8) is 0 Å². The average molecular weight is 349 g/mol. The van der Waals surface area contributed by atoms with Gasteiger partial charge in [0.15, 0.2) is 5.11 Å². The highest BCUT2D eigenvalue weighted by Gasteiger charge is 2.05. The second kappa shape index (κ2) is 10.9. The van der Waals surface area contributed by atoms with Gasteiger partial charge in [0.2, 0.25) is 11.8 Å². The van der Waals surface area contributed by atoms with Gasteiger partial charge in [-0.15, -0.1) is 0 Å². The van der Waals surface area contributed by atoms with Crippen molar-refractivity contribution < 1.29 is 19.1 Å². The van der Waals surface area contributed by atoms with Crippen molar-refractivity contribution in [1.29, 1.82) is 0 Å². The Morgan fingerprint density at radius 3 is 2.50 bits per heavy atom. The van der Waals surface area contributed by atoms with Crippen molar-refractivity contribution in [3.8, 4) is 0 Å². The molecule has 1 rings (SSSR count). The Balaban J connectivity index is 2.24. The van der Waals surface area contributed by atoms with Gasteiger partial charge in [0.05, 0.1) is 6.61 Å². The van der Waals surface area contributed by atoms with Crippen LogP contribution in [0.1, 0.15) is 18.9 Å². The third kappa shape index (κ3) is 8.64. The normalized spacial score (nSPS) is 10.0. The zero-order chi connectivity index (χ0) is 17.8. The highest BCUT2D eigenvalue weighted by Crippen LogP contribution is 2.01. The summed E-state index contributed by atoms with van der Waals surface area (Å²) >= 11 is 4.85. The molecule has 0 unspecified atom stereocenters. The van der Waals surface area contributed by atoms with Crippen LogP contribution in [0.2, 0.25) is 0 Å². The monoisotopic (exact) mass is 349 g/mol. The molecule has 128 valence electrons. The lowest BCUT2D eigenvalue weighted by molar-refractivity contribution is -0.137. The first-order valence-corrected chi connectivity index (χ1v) is 7.70. The van der Waals surface area contributed by atoms with Crippen molar-refractivity contribution >= 4 is 35.1 Å². The fourth-order valence-corrected chi connectivity index (χ4v) is 1.76. The van der Waals surface area contributed by atoms with E-state index in [2.05, 4.69) is 20.9 Å². The van der Waals surface area contributed by atoms with Gasteiger partial charge in [-0.05, 0) is 31.1 Å². The summed E-state index contributed by atoms with van der Waals surface area (Å²) in [6, 6.07) is 9.57. The van der Waals surface area contributed by atoms with Gasteiger partial charge in [0.25, 0.3) is 0 Å². The van der Waals surface area contributed by atoms with Gasteiger partial charge in [0.1, 0.15) is 0 Å². The molecule has 0 heterocycles. The fourth-order valence-electron chi connectivity index (χ4n) is 1.61. The van der Waals surface area contributed by atoms with Gasteiger partial charge in [-0.3, -0.25) is 25.8 Å². The number of hydrogen-bond donors (Lipinski definition) is 3. The van der Waals surface area contributed by atoms with E-state index in [0.29, 0.717) is 6.42 Å². The zero-order valence-corrected chi connectivity index (χ0v) is 14.0. The Labute approximate surface area is 145 Å². The molecule has 3 N–H and O–H groups in total. The number of nitrogens with one attached hydrogen (secondary N) is 3. The molecule has 1 aromatic carbocycles. The first kappa shape index (κ1) is 19.3. The van der Waals surface area contributed by atoms with Crippen molar-refractivity contribution in [2.45, 2.75) is 19.8 Å². The predicted molar refractivity (Wildman–Crippen MR) is 92.6 cm³/mol. The predicted octanol–water partition coefficient (Wildman–Crippen LogP) is 0.760. The molecule has 2 amide bonds. The summed E-state index contributed by atoms with van der Waals surface area (Å²) in [5, 5.41) is 2.20. The molecule has 0 bridgehead atoms. The Morgan fingerprint density at radius 1 is 1.12 bits per heavy atom. The maximum absolute atomic E-state index is 11.7. The first-order valence-electron chi connectivity index (χ1n) is 7.29. The lowest BCUT2D eigenvalue weighted by atomic mass is 10.1. The SMILES string of the molecule is CCOC(=O)C=CC(=O)NC(=S)NNC(=O)CCc1ccccc1. The quantitative estimate of drug-likeness (QED) is 0.304. The van der Waals surface area contributed by atoms with Crippen LogP contribution < -0.4 is 16.2 Å². The van der Waals surface area contributed by atoms with Crippen LogP contribution in [0.3, 0.4) is 0 Å². The largest absolute Gasteiger partial charge is 0.463 e. The van der Waals surface area contributed by atoms with E-state index in [1.165, 1.54) is 0 Å². The van der Waals surface area contributed by atoms with E-state index in [-0.39, 0.29) is 24.0 Å². The summed E-state index contributed by atoms with van der Waals surface area (Å²) in [5.74, 6) is -1.50. The maximum Gasteiger partial charge on any atom is 0.330 e. The van der Waals surface area contributed by atoms with Gasteiger partial charge in [-0.1, -0.05) is 30.3 Å². The molecule has 0 saturated heterocycles. The highest BCUT2D eigenvalue weighted by molar-refractivity contribution is 7.80. The van der Waals surface area contributed by atoms with Gasteiger partial charge >= 0.3 is 5.97 Å². The van der Waals surface area contributed by atoms with Crippen LogP contribution in [-0.2, 0) is 25.5 Å². The summed E-state index contributed by atoms with van der Waals surface area (Å²) < 4.78 is 4.63. The number of hydrazine groups is 1. The van der Waals surface area contributed by atoms with E-state index in [1.807, 2.05) is 30.3 Å². The molecule has 0 aromatic heterocycles. The number of carbonyl (C=O) groups is 3. The summed E-state index contributed by atoms with van der Waals surface area (Å²) in [5.41, 5.74) is 5.84. The number of amides is 2. The molecule has 7 nitrogen and oxygen atoms in total. The molecule has 0 fully saturated rings. The second-order valence-electron chi connectivity index (χ2n) is 4.56. The van der Waals surface area contributed by atoms with Crippen LogP contribution in [0.4, 0.5) is 0 Å². The lowest BCUT2D eigenvalue weighted by Gasteiger charge is -2.09. The first-order chi connectivity index (χ1) is 11.5. The number of thiocarbonyl (C=S) groups is 1. The van der Waals surface area contributed by atoms with E-state index >= 15 is 0 Å². The molecule has 24 heavy (non-hydrogen) atoms. The average Bonchev–Trinajstić information content (AvgIpc) is 2.57. The molecule has 0 atom stereocenters. The molecule has 1 aromatic rings. The van der Waals surface area contributed by atoms with Crippen LogP contribution in [0, 0.1) is 0 Å². The molecule has 8 heteroatoms. The summed E-state index contributed by atoms with van der Waals surface area (Å²) in [4.78, 5) is 34.2. The molecule has 0 aliphatic carbocycles. The number of rotatable bonds is 6. The molecule has 0 aliphatic heterocycles. The van der Waals surface area contributed by atoms with E-state index in [1.54, 1.807) is 6.92 Å². The van der Waals surface area contributed by atoms with Crippen molar-refractivity contribution in [1.82, 2.24) is 16.2 Å². The molecule has 0 aliphatic rings. The number of ether oxygens (including phenoxy) is 1. The van der Waals surface area contributed by atoms with Crippen molar-refractivity contribution in [2.75, 3.05) is 6.61 Å². The van der Waals surface area contributed by atoms with Gasteiger partial charge in [0, 0.05) is 18.6 Å². The third-order valence-electron chi connectivity index (χ3n) is 2.69. The lowest BCUT2D eigenvalue weighted by Crippen LogP contribution is -2.48. The van der Waals surface area contributed by atoms with Gasteiger partial charge < -0.3 is 4.74 Å². The topological polar surface area (TPSA) is 96.5 Å². The third-order valence-corrected chi connectivity index (χ3v) is 2.90. The highest BCUT2D eigenvalue weighted by atomic mass is 32.1. The van der Waals surface area contributed by atoms with Gasteiger partial charge in [-0.25, -0.2) is 4.79 Å². The number of esters is 1. The van der Waals surface area contributed by atoms with Crippen molar-refractivity contribution in [3.05, 3.63) is 48.0 Å². The second-order valence-corrected chi connectivity index (χ2v) is 4.97. The minimum absolute atomic E-state index is 0.0819. The summed E-state index contributed by atoms with van der Waals surface area (Å²) in [6.07, 6.45) is 2.84. The molecular weight excluding hydrogens is 330 g/mol. The zero-order valence-electron chi connectivity index (χ0n) is 13.2. The van der Waals surface area contributed by atoms with Crippen LogP contribution in [0.25, 0.3) is 0 Å². The summed E-state index contributed by atoms with van der Waals surface area (Å²) in [6.45, 7) is 1.88. The molecule has 0 saturated carbocycles. The minimum Gasteiger partial charge on any atom is -0.463 e. The van der Waals surface area contributed by atoms with Crippen LogP contribution in [0.5, 0.6) is 0 Å². The fraction of sp³-hybridized carbons (Fsp3) is 0.250. The summed E-state index contributed by atoms with van der Waals surface area (Å²) in [7, 11) is 0. The number of hydrogen-bond acceptors (Lipinski definition) is 5. The van der Waals surface area contributed by atoms with E-state index in [9.17, 15) is 14.4 Å². The van der Waals surface area contributed by atoms with E-state index < -0.39 is 11.9 Å². The van der Waals surface area contributed by atoms with Crippen LogP contribution in [-0.4, -0.2) is 29.5 Å². The van der Waals surface area contributed by atoms with E-state index in [4.69, 9.17) is 12.2 Å². The number of carbonyl (C=O) groups excluding carboxylic acids is 3. The maximum atomic E-state index is 11.7. The Hall–Kier alpha value is -2.74. The van der Waals surface area contributed by atoms with E-state index in [0.717, 1.165) is 17.7 Å². The minimum atomic E-state index is -0.624. The molecule has 0 spiro atoms. The van der Waals surface area contributed by atoms with Crippen LogP contribution >= 0.6 is 12.2 Å². The smallest absolute Gasteiger partial charge is 0.330 e. The molecular formula is C16H19N3O4S. The Bertz CT molecular complexity index is 617. The Morgan fingerprint density at radius 2 is 1.83 bits per heavy atom. The number of aryl methyl sites for hydroxylation is 1. The van der Waals surface area contributed by atoms with Crippen molar-refractivity contribution in [2.24, 2.45) is 0 Å². The number of benzene rings is 1. The molecule has 0 radical (unpaired) electrons. The van der Waals surface area contributed by atoms with Crippen LogP contribution in [0.15, 0.2) is 42.5 Å². The Kier molecular flexibility index (Phi) is 8.77. The van der Waals surface area contributed by atoms with Gasteiger partial charge in [-0.2, -0.15) is 0 Å².